The van der Waals surface area contributed by atoms with E-state index in [-0.39, 0.29) is 31.3 Å². The van der Waals surface area contributed by atoms with Crippen LogP contribution < -0.4 is 14.8 Å². The minimum Gasteiger partial charge on any atom is -0.455 e. The van der Waals surface area contributed by atoms with Gasteiger partial charge in [0, 0.05) is 0 Å². The summed E-state index contributed by atoms with van der Waals surface area (Å²) < 4.78 is 16.1. The number of ether oxygens (including phenoxy) is 3. The van der Waals surface area contributed by atoms with Crippen molar-refractivity contribution >= 4 is 11.9 Å². The van der Waals surface area contributed by atoms with Crippen molar-refractivity contribution in [1.82, 2.24) is 5.32 Å². The van der Waals surface area contributed by atoms with E-state index in [4.69, 9.17) is 14.2 Å². The van der Waals surface area contributed by atoms with Crippen molar-refractivity contribution in [3.8, 4) is 11.5 Å². The molecule has 1 atom stereocenters. The monoisotopic (exact) mass is 395 g/mol. The van der Waals surface area contributed by atoms with E-state index in [1.807, 2.05) is 55.5 Å². The lowest BCUT2D eigenvalue weighted by Gasteiger charge is -2.27. The molecule has 1 N–H and O–H groups in total. The summed E-state index contributed by atoms with van der Waals surface area (Å²) >= 11 is 0. The first-order valence-corrected chi connectivity index (χ1v) is 10.0. The van der Waals surface area contributed by atoms with Gasteiger partial charge in [-0.25, -0.2) is 0 Å². The number of esters is 1. The summed E-state index contributed by atoms with van der Waals surface area (Å²) in [4.78, 5) is 25.3. The van der Waals surface area contributed by atoms with Crippen molar-refractivity contribution in [1.29, 1.82) is 0 Å². The molecule has 0 unspecified atom stereocenters. The zero-order valence-corrected chi connectivity index (χ0v) is 16.5. The maximum absolute atomic E-state index is 12.9. The van der Waals surface area contributed by atoms with Crippen molar-refractivity contribution in [2.75, 3.05) is 13.4 Å². The normalized spacial score (nSPS) is 17.6. The summed E-state index contributed by atoms with van der Waals surface area (Å²) in [6, 6.07) is 15.0. The molecule has 4 rings (SSSR count). The second-order valence-electron chi connectivity index (χ2n) is 7.63. The Balaban J connectivity index is 1.36. The lowest BCUT2D eigenvalue weighted by atomic mass is 9.79. The van der Waals surface area contributed by atoms with Gasteiger partial charge in [0.1, 0.15) is 0 Å². The number of carbonyl (C=O) groups excluding carboxylic acids is 2. The van der Waals surface area contributed by atoms with Crippen LogP contribution in [0.1, 0.15) is 49.8 Å². The third kappa shape index (κ3) is 3.92. The van der Waals surface area contributed by atoms with Gasteiger partial charge in [-0.05, 0) is 43.0 Å². The number of benzene rings is 2. The second-order valence-corrected chi connectivity index (χ2v) is 7.63. The molecule has 1 heterocycles. The molecule has 1 fully saturated rings. The van der Waals surface area contributed by atoms with E-state index < -0.39 is 5.41 Å². The van der Waals surface area contributed by atoms with Crippen LogP contribution in [-0.2, 0) is 19.7 Å². The van der Waals surface area contributed by atoms with Crippen molar-refractivity contribution in [3.63, 3.8) is 0 Å². The minimum absolute atomic E-state index is 0.207. The SMILES string of the molecule is C[C@H](NC(=O)COC(=O)C1(c2ccccc2)CCCC1)c1ccc2c(c1)OCO2. The summed E-state index contributed by atoms with van der Waals surface area (Å²) in [5.74, 6) is 0.724. The number of fused-ring (bicyclic) bond motifs is 1. The molecule has 0 bridgehead atoms. The highest BCUT2D eigenvalue weighted by Gasteiger charge is 2.44. The van der Waals surface area contributed by atoms with Crippen LogP contribution in [0.15, 0.2) is 48.5 Å². The zero-order valence-electron chi connectivity index (χ0n) is 16.5. The fourth-order valence-corrected chi connectivity index (χ4v) is 4.16. The van der Waals surface area contributed by atoms with Crippen LogP contribution in [0.5, 0.6) is 11.5 Å². The van der Waals surface area contributed by atoms with Gasteiger partial charge in [-0.2, -0.15) is 0 Å². The third-order valence-electron chi connectivity index (χ3n) is 5.78. The number of amides is 1. The topological polar surface area (TPSA) is 73.9 Å². The molecular formula is C23H25NO5. The Bertz CT molecular complexity index is 889. The molecule has 0 spiro atoms. The maximum Gasteiger partial charge on any atom is 0.317 e. The molecular weight excluding hydrogens is 370 g/mol. The smallest absolute Gasteiger partial charge is 0.317 e. The molecule has 1 saturated carbocycles. The highest BCUT2D eigenvalue weighted by Crippen LogP contribution is 2.42. The maximum atomic E-state index is 12.9. The lowest BCUT2D eigenvalue weighted by Crippen LogP contribution is -2.38. The number of hydrogen-bond acceptors (Lipinski definition) is 5. The predicted octanol–water partition coefficient (Wildman–Crippen LogP) is 3.65. The Morgan fingerprint density at radius 1 is 1.07 bits per heavy atom. The first-order valence-electron chi connectivity index (χ1n) is 10.0. The Labute approximate surface area is 170 Å². The minimum atomic E-state index is -0.634. The van der Waals surface area contributed by atoms with Gasteiger partial charge < -0.3 is 19.5 Å². The quantitative estimate of drug-likeness (QED) is 0.756. The van der Waals surface area contributed by atoms with Crippen molar-refractivity contribution in [2.24, 2.45) is 0 Å². The van der Waals surface area contributed by atoms with Gasteiger partial charge in [-0.1, -0.05) is 49.2 Å². The van der Waals surface area contributed by atoms with E-state index in [9.17, 15) is 9.59 Å². The van der Waals surface area contributed by atoms with E-state index in [1.165, 1.54) is 0 Å². The van der Waals surface area contributed by atoms with Crippen LogP contribution in [0.2, 0.25) is 0 Å². The summed E-state index contributed by atoms with van der Waals surface area (Å²) in [5, 5.41) is 2.87. The molecule has 6 nitrogen and oxygen atoms in total. The van der Waals surface area contributed by atoms with Crippen LogP contribution in [-0.4, -0.2) is 25.3 Å². The molecule has 0 saturated heterocycles. The van der Waals surface area contributed by atoms with Crippen LogP contribution >= 0.6 is 0 Å². The summed E-state index contributed by atoms with van der Waals surface area (Å²) in [7, 11) is 0. The number of carbonyl (C=O) groups is 2. The lowest BCUT2D eigenvalue weighted by molar-refractivity contribution is -0.154. The molecule has 2 aromatic rings. The van der Waals surface area contributed by atoms with Crippen molar-refractivity contribution in [2.45, 2.75) is 44.1 Å². The van der Waals surface area contributed by atoms with E-state index in [1.54, 1.807) is 0 Å². The number of rotatable bonds is 6. The standard InChI is InChI=1S/C23H25NO5/c1-16(17-9-10-19-20(13-17)29-15-28-19)24-21(25)14-27-22(26)23(11-5-6-12-23)18-7-3-2-4-8-18/h2-4,7-10,13,16H,5-6,11-12,14-15H2,1H3,(H,24,25)/t16-/m0/s1. The molecule has 1 amide bonds. The molecule has 29 heavy (non-hydrogen) atoms. The highest BCUT2D eigenvalue weighted by molar-refractivity contribution is 5.86. The van der Waals surface area contributed by atoms with E-state index in [0.717, 1.165) is 36.8 Å². The molecule has 6 heteroatoms. The Hall–Kier alpha value is -3.02. The summed E-state index contributed by atoms with van der Waals surface area (Å²) in [5.41, 5.74) is 1.23. The Morgan fingerprint density at radius 3 is 2.55 bits per heavy atom. The van der Waals surface area contributed by atoms with Gasteiger partial charge in [0.2, 0.25) is 6.79 Å². The summed E-state index contributed by atoms with van der Waals surface area (Å²) in [6.45, 7) is 1.79. The van der Waals surface area contributed by atoms with Gasteiger partial charge in [-0.15, -0.1) is 0 Å². The molecule has 1 aliphatic heterocycles. The van der Waals surface area contributed by atoms with Gasteiger partial charge in [-0.3, -0.25) is 9.59 Å². The van der Waals surface area contributed by atoms with Gasteiger partial charge in [0.15, 0.2) is 18.1 Å². The second kappa shape index (κ2) is 8.15. The average molecular weight is 395 g/mol. The number of hydrogen-bond donors (Lipinski definition) is 1. The Morgan fingerprint density at radius 2 is 1.79 bits per heavy atom. The fraction of sp³-hybridized carbons (Fsp3) is 0.391. The summed E-state index contributed by atoms with van der Waals surface area (Å²) in [6.07, 6.45) is 3.48. The predicted molar refractivity (Wildman–Crippen MR) is 107 cm³/mol. The first-order chi connectivity index (χ1) is 14.1. The number of nitrogens with one attached hydrogen (secondary N) is 1. The largest absolute Gasteiger partial charge is 0.455 e. The molecule has 0 radical (unpaired) electrons. The average Bonchev–Trinajstić information content (AvgIpc) is 3.42. The van der Waals surface area contributed by atoms with Crippen LogP contribution in [0, 0.1) is 0 Å². The first kappa shape index (κ1) is 19.3. The van der Waals surface area contributed by atoms with Crippen LogP contribution in [0.4, 0.5) is 0 Å². The molecule has 2 aromatic carbocycles. The fourth-order valence-electron chi connectivity index (χ4n) is 4.16. The highest BCUT2D eigenvalue weighted by atomic mass is 16.7. The van der Waals surface area contributed by atoms with Gasteiger partial charge in [0.25, 0.3) is 5.91 Å². The molecule has 152 valence electrons. The van der Waals surface area contributed by atoms with Crippen molar-refractivity contribution < 1.29 is 23.8 Å². The zero-order chi connectivity index (χ0) is 20.3. The molecule has 1 aliphatic carbocycles. The third-order valence-corrected chi connectivity index (χ3v) is 5.78. The van der Waals surface area contributed by atoms with E-state index in [0.29, 0.717) is 11.5 Å². The van der Waals surface area contributed by atoms with E-state index in [2.05, 4.69) is 5.32 Å². The Kier molecular flexibility index (Phi) is 5.43. The van der Waals surface area contributed by atoms with E-state index >= 15 is 0 Å². The van der Waals surface area contributed by atoms with Gasteiger partial charge >= 0.3 is 5.97 Å². The van der Waals surface area contributed by atoms with Crippen LogP contribution in [0.3, 0.4) is 0 Å². The van der Waals surface area contributed by atoms with Crippen LogP contribution in [0.25, 0.3) is 0 Å². The molecule has 0 aromatic heterocycles. The van der Waals surface area contributed by atoms with Gasteiger partial charge in [0.05, 0.1) is 11.5 Å². The molecule has 2 aliphatic rings. The van der Waals surface area contributed by atoms with Crippen molar-refractivity contribution in [3.05, 3.63) is 59.7 Å².